The average molecular weight is 263 g/mol. The van der Waals surface area contributed by atoms with Crippen LogP contribution < -0.4 is 11.1 Å². The Bertz CT molecular complexity index is 317. The summed E-state index contributed by atoms with van der Waals surface area (Å²) in [7, 11) is 0. The Labute approximate surface area is 102 Å². The number of hydrogen-bond acceptors (Lipinski definition) is 6. The summed E-state index contributed by atoms with van der Waals surface area (Å²) in [5.41, 5.74) is 5.01. The number of nitrogens with zero attached hydrogens (tertiary/aromatic N) is 1. The molecule has 8 nitrogen and oxygen atoms in total. The van der Waals surface area contributed by atoms with E-state index in [1.807, 2.05) is 0 Å². The normalized spacial score (nSPS) is 9.53. The average Bonchev–Trinajstić information content (AvgIpc) is 2.23. The van der Waals surface area contributed by atoms with Crippen LogP contribution in [0.4, 0.5) is 0 Å². The van der Waals surface area contributed by atoms with Crippen molar-refractivity contribution in [1.82, 2.24) is 9.62 Å². The summed E-state index contributed by atoms with van der Waals surface area (Å²) < 4.78 is 0.765. The predicted molar refractivity (Wildman–Crippen MR) is 59.7 cm³/mol. The zero-order chi connectivity index (χ0) is 13.4. The smallest absolute Gasteiger partial charge is 0.324 e. The lowest BCUT2D eigenvalue weighted by molar-refractivity contribution is -0.140. The number of aliphatic carboxylic acids is 1. The van der Waals surface area contributed by atoms with Gasteiger partial charge in [0.2, 0.25) is 11.0 Å². The molecule has 4 N–H and O–H groups in total. The van der Waals surface area contributed by atoms with Gasteiger partial charge < -0.3 is 16.2 Å². The molecule has 0 rings (SSSR count). The molecule has 0 heterocycles. The van der Waals surface area contributed by atoms with Crippen LogP contribution in [0.2, 0.25) is 0 Å². The fourth-order valence-corrected chi connectivity index (χ4v) is 1.44. The highest BCUT2D eigenvalue weighted by atomic mass is 32.2. The van der Waals surface area contributed by atoms with Gasteiger partial charge in [0.1, 0.15) is 6.54 Å². The molecule has 0 atom stereocenters. The van der Waals surface area contributed by atoms with Crippen LogP contribution in [0.5, 0.6) is 0 Å². The molecule has 0 fully saturated rings. The van der Waals surface area contributed by atoms with E-state index in [2.05, 4.69) is 5.32 Å². The van der Waals surface area contributed by atoms with Crippen LogP contribution in [-0.4, -0.2) is 51.9 Å². The summed E-state index contributed by atoms with van der Waals surface area (Å²) in [5.74, 6) is -2.48. The molecule has 96 valence electrons. The van der Waals surface area contributed by atoms with E-state index in [9.17, 15) is 19.2 Å². The van der Waals surface area contributed by atoms with E-state index in [-0.39, 0.29) is 6.54 Å². The van der Waals surface area contributed by atoms with E-state index in [1.54, 1.807) is 0 Å². The first-order valence-electron chi connectivity index (χ1n) is 4.54. The van der Waals surface area contributed by atoms with Gasteiger partial charge in [-0.15, -0.1) is 0 Å². The third-order valence-electron chi connectivity index (χ3n) is 1.42. The van der Waals surface area contributed by atoms with E-state index in [1.165, 1.54) is 6.92 Å². The third kappa shape index (κ3) is 7.30. The Kier molecular flexibility index (Phi) is 6.91. The van der Waals surface area contributed by atoms with Gasteiger partial charge in [-0.25, -0.2) is 0 Å². The lowest BCUT2D eigenvalue weighted by Gasteiger charge is -2.17. The van der Waals surface area contributed by atoms with Crippen LogP contribution in [0, 0.1) is 0 Å². The fourth-order valence-electron chi connectivity index (χ4n) is 0.784. The van der Waals surface area contributed by atoms with Gasteiger partial charge in [-0.1, -0.05) is 0 Å². The Morgan fingerprint density at radius 3 is 2.35 bits per heavy atom. The highest BCUT2D eigenvalue weighted by Crippen LogP contribution is 2.10. The lowest BCUT2D eigenvalue weighted by Crippen LogP contribution is -2.41. The predicted octanol–water partition coefficient (Wildman–Crippen LogP) is -1.83. The van der Waals surface area contributed by atoms with E-state index in [0.717, 1.165) is 4.31 Å². The van der Waals surface area contributed by atoms with E-state index in [4.69, 9.17) is 10.8 Å². The minimum atomic E-state index is -1.25. The summed E-state index contributed by atoms with van der Waals surface area (Å²) in [6.07, 6.45) is 0. The van der Waals surface area contributed by atoms with Crippen LogP contribution in [0.15, 0.2) is 0 Å². The van der Waals surface area contributed by atoms with E-state index < -0.39 is 36.0 Å². The Morgan fingerprint density at radius 1 is 1.35 bits per heavy atom. The van der Waals surface area contributed by atoms with Crippen LogP contribution in [0.1, 0.15) is 6.92 Å². The molecule has 0 aromatic carbocycles. The molecule has 0 bridgehead atoms. The van der Waals surface area contributed by atoms with Crippen molar-refractivity contribution in [1.29, 1.82) is 0 Å². The summed E-state index contributed by atoms with van der Waals surface area (Å²) in [4.78, 5) is 43.5. The Balaban J connectivity index is 4.36. The number of hydrogen-bond donors (Lipinski definition) is 3. The van der Waals surface area contributed by atoms with Crippen LogP contribution in [-0.2, 0) is 19.2 Å². The maximum Gasteiger partial charge on any atom is 0.324 e. The molecule has 0 aliphatic heterocycles. The number of carbonyl (C=O) groups is 4. The zero-order valence-corrected chi connectivity index (χ0v) is 9.95. The van der Waals surface area contributed by atoms with Crippen molar-refractivity contribution >= 4 is 34.8 Å². The standard InChI is InChI=1S/C8H13N3O5S/c1-5(12)17-11(4-8(15)16)7(14)3-10-6(13)2-9/h2-4,9H2,1H3,(H,10,13)(H,15,16). The molecule has 0 saturated heterocycles. The van der Waals surface area contributed by atoms with Gasteiger partial charge in [0.25, 0.3) is 5.91 Å². The van der Waals surface area contributed by atoms with Gasteiger partial charge in [-0.3, -0.25) is 23.5 Å². The number of nitrogens with one attached hydrogen (secondary N) is 1. The number of carboxylic acids is 1. The van der Waals surface area contributed by atoms with Crippen LogP contribution in [0.3, 0.4) is 0 Å². The maximum atomic E-state index is 11.5. The highest BCUT2D eigenvalue weighted by molar-refractivity contribution is 8.12. The number of nitrogens with two attached hydrogens (primary N) is 1. The van der Waals surface area contributed by atoms with Crippen molar-refractivity contribution in [2.24, 2.45) is 5.73 Å². The number of amides is 2. The number of carboxylic acid groups (broad SMARTS) is 1. The lowest BCUT2D eigenvalue weighted by atomic mass is 10.5. The molecule has 0 saturated carbocycles. The summed E-state index contributed by atoms with van der Waals surface area (Å²) in [5, 5.41) is 10.3. The van der Waals surface area contributed by atoms with Crippen LogP contribution in [0.25, 0.3) is 0 Å². The molecule has 2 amide bonds. The van der Waals surface area contributed by atoms with Crippen molar-refractivity contribution < 1.29 is 24.3 Å². The molecular weight excluding hydrogens is 250 g/mol. The zero-order valence-electron chi connectivity index (χ0n) is 9.13. The topological polar surface area (TPSA) is 130 Å². The first-order valence-corrected chi connectivity index (χ1v) is 5.31. The first kappa shape index (κ1) is 15.4. The monoisotopic (exact) mass is 263 g/mol. The largest absolute Gasteiger partial charge is 0.480 e. The SMILES string of the molecule is CC(=O)SN(CC(=O)O)C(=O)CNC(=O)CN. The van der Waals surface area contributed by atoms with Gasteiger partial charge in [0.05, 0.1) is 13.1 Å². The van der Waals surface area contributed by atoms with E-state index in [0.29, 0.717) is 11.9 Å². The summed E-state index contributed by atoms with van der Waals surface area (Å²) >= 11 is 0.477. The van der Waals surface area contributed by atoms with Crippen molar-refractivity contribution in [2.45, 2.75) is 6.92 Å². The molecule has 0 unspecified atom stereocenters. The quantitative estimate of drug-likeness (QED) is 0.497. The second kappa shape index (κ2) is 7.63. The molecule has 0 aliphatic carbocycles. The minimum Gasteiger partial charge on any atom is -0.480 e. The maximum absolute atomic E-state index is 11.5. The summed E-state index contributed by atoms with van der Waals surface area (Å²) in [6, 6.07) is 0. The molecular formula is C8H13N3O5S. The van der Waals surface area contributed by atoms with Gasteiger partial charge in [-0.2, -0.15) is 0 Å². The minimum absolute atomic E-state index is 0.272. The molecule has 0 radical (unpaired) electrons. The number of carbonyl (C=O) groups excluding carboxylic acids is 3. The van der Waals surface area contributed by atoms with Gasteiger partial charge in [0, 0.05) is 18.9 Å². The number of rotatable bonds is 5. The van der Waals surface area contributed by atoms with Gasteiger partial charge in [0.15, 0.2) is 0 Å². The van der Waals surface area contributed by atoms with Gasteiger partial charge in [-0.05, 0) is 0 Å². The third-order valence-corrected chi connectivity index (χ3v) is 2.23. The second-order valence-electron chi connectivity index (χ2n) is 2.89. The summed E-state index contributed by atoms with van der Waals surface area (Å²) in [6.45, 7) is -0.0948. The van der Waals surface area contributed by atoms with Gasteiger partial charge >= 0.3 is 5.97 Å². The molecule has 17 heavy (non-hydrogen) atoms. The molecule has 0 aliphatic rings. The van der Waals surface area contributed by atoms with Crippen LogP contribution >= 0.6 is 11.9 Å². The van der Waals surface area contributed by atoms with Crippen molar-refractivity contribution in [3.8, 4) is 0 Å². The molecule has 0 aromatic heterocycles. The Hall–Kier alpha value is -1.61. The van der Waals surface area contributed by atoms with Crippen molar-refractivity contribution in [2.75, 3.05) is 19.6 Å². The Morgan fingerprint density at radius 2 is 1.94 bits per heavy atom. The molecule has 0 aromatic rings. The van der Waals surface area contributed by atoms with Crippen molar-refractivity contribution in [3.63, 3.8) is 0 Å². The molecule has 9 heteroatoms. The molecule has 0 spiro atoms. The van der Waals surface area contributed by atoms with E-state index >= 15 is 0 Å². The first-order chi connectivity index (χ1) is 7.86. The second-order valence-corrected chi connectivity index (χ2v) is 4.09. The fraction of sp³-hybridized carbons (Fsp3) is 0.500. The highest BCUT2D eigenvalue weighted by Gasteiger charge is 2.19. The van der Waals surface area contributed by atoms with Crippen molar-refractivity contribution in [3.05, 3.63) is 0 Å².